The number of alkyl halides is 6. The molecule has 7 nitrogen and oxygen atoms in total. The van der Waals surface area contributed by atoms with Crippen LogP contribution in [0.25, 0.3) is 0 Å². The molecule has 0 aromatic carbocycles. The normalized spacial score (nSPS) is 16.8. The lowest BCUT2D eigenvalue weighted by molar-refractivity contribution is -0.292. The van der Waals surface area contributed by atoms with Gasteiger partial charge in [0.2, 0.25) is 0 Å². The fraction of sp³-hybridized carbons (Fsp3) is 0.947. The Bertz CT molecular complexity index is 437. The number of hydrogen-bond acceptors (Lipinski definition) is 7. The maximum atomic E-state index is 12.0. The maximum absolute atomic E-state index is 12.0. The van der Waals surface area contributed by atoms with Crippen LogP contribution in [0, 0.1) is 0 Å². The topological polar surface area (TPSA) is 116 Å². The van der Waals surface area contributed by atoms with Crippen LogP contribution in [-0.2, 0) is 14.3 Å². The fourth-order valence-corrected chi connectivity index (χ4v) is 1.72. The van der Waals surface area contributed by atoms with Crippen molar-refractivity contribution in [2.24, 2.45) is 0 Å². The molecule has 0 bridgehead atoms. The largest absolute Gasteiger partial charge is 0.414 e. The van der Waals surface area contributed by atoms with Crippen molar-refractivity contribution in [2.45, 2.75) is 92.2 Å². The van der Waals surface area contributed by atoms with Gasteiger partial charge in [0.15, 0.2) is 18.0 Å². The Morgan fingerprint density at radius 1 is 0.906 bits per heavy atom. The number of ketones is 1. The number of ether oxygens (including phenoxy) is 2. The average Bonchev–Trinajstić information content (AvgIpc) is 2.54. The highest BCUT2D eigenvalue weighted by Gasteiger charge is 2.44. The second-order valence-electron chi connectivity index (χ2n) is 6.21. The summed E-state index contributed by atoms with van der Waals surface area (Å²) in [6.45, 7) is 3.31. The lowest BCUT2D eigenvalue weighted by atomic mass is 10.1. The van der Waals surface area contributed by atoms with Crippen molar-refractivity contribution in [2.75, 3.05) is 26.4 Å². The number of aliphatic hydroxyl groups is 4. The van der Waals surface area contributed by atoms with Crippen LogP contribution in [0.2, 0.25) is 0 Å². The van der Waals surface area contributed by atoms with Crippen LogP contribution in [0.5, 0.6) is 0 Å². The van der Waals surface area contributed by atoms with Crippen molar-refractivity contribution in [1.82, 2.24) is 0 Å². The van der Waals surface area contributed by atoms with E-state index in [0.717, 1.165) is 6.92 Å². The average molecular weight is 495 g/mol. The highest BCUT2D eigenvalue weighted by molar-refractivity contribution is 5.76. The van der Waals surface area contributed by atoms with Crippen molar-refractivity contribution < 1.29 is 61.0 Å². The SMILES string of the molecule is C.C.C.CC(=O)CC(O)C(F)(F)F.CC1(CC(O)C(F)(F)F)OCCCO1.OCCCO. The molecule has 0 aromatic rings. The number of carbonyl (C=O) groups excluding carboxylic acids is 1. The van der Waals surface area contributed by atoms with Gasteiger partial charge in [-0.3, -0.25) is 4.79 Å². The van der Waals surface area contributed by atoms with Gasteiger partial charge in [-0.15, -0.1) is 0 Å². The zero-order valence-electron chi connectivity index (χ0n) is 16.1. The number of carbonyl (C=O) groups is 1. The third kappa shape index (κ3) is 22.2. The lowest BCUT2D eigenvalue weighted by Crippen LogP contribution is -2.44. The van der Waals surface area contributed by atoms with E-state index < -0.39 is 49.0 Å². The van der Waals surface area contributed by atoms with Crippen LogP contribution in [0.3, 0.4) is 0 Å². The highest BCUT2D eigenvalue weighted by Crippen LogP contribution is 2.30. The number of rotatable bonds is 6. The molecule has 32 heavy (non-hydrogen) atoms. The van der Waals surface area contributed by atoms with E-state index in [1.165, 1.54) is 6.92 Å². The second-order valence-corrected chi connectivity index (χ2v) is 6.21. The summed E-state index contributed by atoms with van der Waals surface area (Å²) in [4.78, 5) is 10.0. The zero-order valence-corrected chi connectivity index (χ0v) is 16.1. The molecule has 2 unspecified atom stereocenters. The molecule has 1 aliphatic heterocycles. The van der Waals surface area contributed by atoms with Gasteiger partial charge in [-0.25, -0.2) is 0 Å². The molecule has 2 atom stereocenters. The quantitative estimate of drug-likeness (QED) is 0.417. The van der Waals surface area contributed by atoms with Crippen molar-refractivity contribution >= 4 is 5.78 Å². The second kappa shape index (κ2) is 19.5. The summed E-state index contributed by atoms with van der Waals surface area (Å²) >= 11 is 0. The molecule has 1 rings (SSSR count). The molecule has 1 aliphatic rings. The number of Topliss-reactive ketones (excluding diaryl/α,β-unsaturated/α-hetero) is 1. The molecule has 1 saturated heterocycles. The van der Waals surface area contributed by atoms with E-state index in [4.69, 9.17) is 29.9 Å². The molecule has 0 amide bonds. The third-order valence-corrected chi connectivity index (χ3v) is 3.22. The molecule has 0 aliphatic carbocycles. The lowest BCUT2D eigenvalue weighted by Gasteiger charge is -2.35. The first-order valence-electron chi connectivity index (χ1n) is 8.57. The van der Waals surface area contributed by atoms with Gasteiger partial charge >= 0.3 is 12.4 Å². The molecular formula is C19H40F6O7. The summed E-state index contributed by atoms with van der Waals surface area (Å²) < 4.78 is 80.4. The summed E-state index contributed by atoms with van der Waals surface area (Å²) in [5, 5.41) is 32.8. The zero-order chi connectivity index (χ0) is 23.3. The van der Waals surface area contributed by atoms with E-state index in [9.17, 15) is 31.1 Å². The Balaban J connectivity index is -0.000000120. The van der Waals surface area contributed by atoms with E-state index in [-0.39, 0.29) is 35.5 Å². The summed E-state index contributed by atoms with van der Waals surface area (Å²) in [5.74, 6) is -1.99. The molecule has 1 fully saturated rings. The molecule has 0 radical (unpaired) electrons. The number of aliphatic hydroxyl groups excluding tert-OH is 4. The van der Waals surface area contributed by atoms with Gasteiger partial charge in [0.05, 0.1) is 13.2 Å². The van der Waals surface area contributed by atoms with E-state index in [1.54, 1.807) is 0 Å². The summed E-state index contributed by atoms with van der Waals surface area (Å²) in [6, 6.07) is 0. The first-order valence-corrected chi connectivity index (χ1v) is 8.57. The monoisotopic (exact) mass is 494 g/mol. The van der Waals surface area contributed by atoms with Crippen LogP contribution >= 0.6 is 0 Å². The molecule has 1 heterocycles. The first kappa shape index (κ1) is 41.3. The van der Waals surface area contributed by atoms with Crippen molar-refractivity contribution in [3.8, 4) is 0 Å². The minimum absolute atomic E-state index is 0. The van der Waals surface area contributed by atoms with Gasteiger partial charge in [0, 0.05) is 26.1 Å². The molecule has 200 valence electrons. The summed E-state index contributed by atoms with van der Waals surface area (Å²) in [6.07, 6.45) is -14.5. The van der Waals surface area contributed by atoms with Gasteiger partial charge in [0.25, 0.3) is 0 Å². The Labute approximate surface area is 186 Å². The maximum Gasteiger partial charge on any atom is 0.414 e. The van der Waals surface area contributed by atoms with E-state index in [2.05, 4.69) is 0 Å². The van der Waals surface area contributed by atoms with Gasteiger partial charge in [0.1, 0.15) is 5.78 Å². The molecule has 0 spiro atoms. The van der Waals surface area contributed by atoms with Crippen molar-refractivity contribution in [3.05, 3.63) is 0 Å². The molecule has 4 N–H and O–H groups in total. The van der Waals surface area contributed by atoms with E-state index in [1.807, 2.05) is 0 Å². The number of halogens is 6. The standard InChI is InChI=1S/C8H13F3O3.C5H7F3O2.C3H8O2.3CH4/c1-7(13-3-2-4-14-7)5-6(12)8(9,10)11;1-3(9)2-4(10)5(6,7)8;4-2-1-3-5;;;/h6,12H,2-5H2,1H3;4,10H,2H2,1H3;4-5H,1-3H2;3*1H4. The molecule has 0 saturated carbocycles. The van der Waals surface area contributed by atoms with E-state index in [0.29, 0.717) is 26.1 Å². The summed E-state index contributed by atoms with van der Waals surface area (Å²) in [5.41, 5.74) is 0. The van der Waals surface area contributed by atoms with Crippen LogP contribution in [-0.4, -0.2) is 83.0 Å². The molecule has 0 aromatic heterocycles. The smallest absolute Gasteiger partial charge is 0.396 e. The van der Waals surface area contributed by atoms with Gasteiger partial charge in [-0.05, 0) is 26.7 Å². The van der Waals surface area contributed by atoms with Crippen LogP contribution in [0.15, 0.2) is 0 Å². The van der Waals surface area contributed by atoms with Gasteiger partial charge in [-0.2, -0.15) is 26.3 Å². The third-order valence-electron chi connectivity index (χ3n) is 3.22. The Hall–Kier alpha value is -0.990. The van der Waals surface area contributed by atoms with Crippen molar-refractivity contribution in [1.29, 1.82) is 0 Å². The number of hydrogen-bond donors (Lipinski definition) is 4. The summed E-state index contributed by atoms with van der Waals surface area (Å²) in [7, 11) is 0. The van der Waals surface area contributed by atoms with E-state index >= 15 is 0 Å². The van der Waals surface area contributed by atoms with Crippen LogP contribution in [0.1, 0.15) is 61.8 Å². The fourth-order valence-electron chi connectivity index (χ4n) is 1.72. The Morgan fingerprint density at radius 2 is 1.28 bits per heavy atom. The minimum Gasteiger partial charge on any atom is -0.396 e. The van der Waals surface area contributed by atoms with Gasteiger partial charge < -0.3 is 29.9 Å². The van der Waals surface area contributed by atoms with Gasteiger partial charge in [-0.1, -0.05) is 22.3 Å². The Kier molecular flexibility index (Phi) is 25.1. The predicted molar refractivity (Wildman–Crippen MR) is 108 cm³/mol. The van der Waals surface area contributed by atoms with Crippen LogP contribution < -0.4 is 0 Å². The first-order chi connectivity index (χ1) is 13.1. The molecular weight excluding hydrogens is 454 g/mol. The minimum atomic E-state index is -4.67. The molecule has 13 heteroatoms. The Morgan fingerprint density at radius 3 is 1.50 bits per heavy atom. The van der Waals surface area contributed by atoms with Crippen molar-refractivity contribution in [3.63, 3.8) is 0 Å². The van der Waals surface area contributed by atoms with Crippen LogP contribution in [0.4, 0.5) is 26.3 Å². The highest BCUT2D eigenvalue weighted by atomic mass is 19.4. The predicted octanol–water partition coefficient (Wildman–Crippen LogP) is 3.61.